The zero-order chi connectivity index (χ0) is 26.5. The van der Waals surface area contributed by atoms with Gasteiger partial charge in [-0.2, -0.15) is 0 Å². The Balaban J connectivity index is 1.70. The number of primary amides is 1. The summed E-state index contributed by atoms with van der Waals surface area (Å²) in [7, 11) is 0. The number of carbonyl (C=O) groups is 2. The van der Waals surface area contributed by atoms with Crippen molar-refractivity contribution in [2.75, 3.05) is 6.54 Å². The molecular formula is C28H27ClN4O4. The fourth-order valence-electron chi connectivity index (χ4n) is 4.00. The van der Waals surface area contributed by atoms with Gasteiger partial charge in [-0.05, 0) is 36.6 Å². The van der Waals surface area contributed by atoms with E-state index >= 15 is 0 Å². The fraction of sp³-hybridized carbons (Fsp3) is 0.214. The minimum Gasteiger partial charge on any atom is -0.489 e. The predicted molar refractivity (Wildman–Crippen MR) is 144 cm³/mol. The first-order chi connectivity index (χ1) is 17.7. The number of halogens is 1. The van der Waals surface area contributed by atoms with Gasteiger partial charge in [-0.15, -0.1) is 0 Å². The molecule has 0 saturated carbocycles. The molecule has 2 amide bonds. The summed E-state index contributed by atoms with van der Waals surface area (Å²) in [5.74, 6) is -0.795. The maximum Gasteiger partial charge on any atom is 0.261 e. The number of nitrogens with zero attached hydrogens (tertiary/aromatic N) is 2. The van der Waals surface area contributed by atoms with Crippen LogP contribution < -0.4 is 21.3 Å². The van der Waals surface area contributed by atoms with Crippen molar-refractivity contribution in [3.63, 3.8) is 0 Å². The van der Waals surface area contributed by atoms with Gasteiger partial charge in [0.2, 0.25) is 11.8 Å². The number of nitrogens with one attached hydrogen (secondary N) is 1. The first-order valence-electron chi connectivity index (χ1n) is 11.8. The summed E-state index contributed by atoms with van der Waals surface area (Å²) in [4.78, 5) is 42.3. The van der Waals surface area contributed by atoms with E-state index in [1.54, 1.807) is 6.07 Å². The third-order valence-electron chi connectivity index (χ3n) is 5.76. The molecule has 0 bridgehead atoms. The number of hydrogen-bond acceptors (Lipinski definition) is 5. The van der Waals surface area contributed by atoms with Crippen molar-refractivity contribution in [3.8, 4) is 16.9 Å². The van der Waals surface area contributed by atoms with Gasteiger partial charge >= 0.3 is 0 Å². The molecule has 1 unspecified atom stereocenters. The Morgan fingerprint density at radius 3 is 2.38 bits per heavy atom. The third kappa shape index (κ3) is 6.16. The molecule has 0 aliphatic rings. The number of aromatic nitrogens is 2. The smallest absolute Gasteiger partial charge is 0.261 e. The van der Waals surface area contributed by atoms with Crippen molar-refractivity contribution in [3.05, 3.63) is 94.0 Å². The highest BCUT2D eigenvalue weighted by Gasteiger charge is 2.24. The summed E-state index contributed by atoms with van der Waals surface area (Å²) in [5, 5.41) is 3.02. The van der Waals surface area contributed by atoms with E-state index in [-0.39, 0.29) is 29.5 Å². The number of hydrogen-bond donors (Lipinski definition) is 2. The monoisotopic (exact) mass is 518 g/mol. The second kappa shape index (κ2) is 11.3. The largest absolute Gasteiger partial charge is 0.489 e. The Bertz CT molecular complexity index is 1480. The molecule has 0 radical (unpaired) electrons. The van der Waals surface area contributed by atoms with Gasteiger partial charge in [0.1, 0.15) is 11.8 Å². The zero-order valence-electron chi connectivity index (χ0n) is 20.5. The van der Waals surface area contributed by atoms with Gasteiger partial charge in [0.05, 0.1) is 34.9 Å². The second-order valence-corrected chi connectivity index (χ2v) is 9.30. The highest BCUT2D eigenvalue weighted by atomic mass is 35.5. The quantitative estimate of drug-likeness (QED) is 0.348. The highest BCUT2D eigenvalue weighted by Crippen LogP contribution is 2.29. The lowest BCUT2D eigenvalue weighted by molar-refractivity contribution is -0.127. The van der Waals surface area contributed by atoms with E-state index in [1.165, 1.54) is 17.0 Å². The third-order valence-corrected chi connectivity index (χ3v) is 6.06. The van der Waals surface area contributed by atoms with Crippen LogP contribution >= 0.6 is 11.6 Å². The molecule has 37 heavy (non-hydrogen) atoms. The van der Waals surface area contributed by atoms with Crippen LogP contribution in [0.5, 0.6) is 5.75 Å². The molecule has 4 aromatic rings. The molecule has 8 nitrogen and oxygen atoms in total. The Kier molecular flexibility index (Phi) is 7.89. The van der Waals surface area contributed by atoms with Gasteiger partial charge in [-0.3, -0.25) is 19.0 Å². The molecule has 9 heteroatoms. The molecule has 0 spiro atoms. The minimum absolute atomic E-state index is 0.109. The van der Waals surface area contributed by atoms with E-state index in [1.807, 2.05) is 68.4 Å². The normalized spacial score (nSPS) is 11.9. The molecule has 0 fully saturated rings. The van der Waals surface area contributed by atoms with Crippen molar-refractivity contribution >= 4 is 34.3 Å². The van der Waals surface area contributed by atoms with Crippen LogP contribution in [0.1, 0.15) is 25.5 Å². The topological polar surface area (TPSA) is 116 Å². The maximum absolute atomic E-state index is 13.5. The summed E-state index contributed by atoms with van der Waals surface area (Å²) in [6.07, 6.45) is 1.40. The van der Waals surface area contributed by atoms with E-state index < -0.39 is 23.4 Å². The highest BCUT2D eigenvalue weighted by molar-refractivity contribution is 6.32. The molecule has 1 heterocycles. The summed E-state index contributed by atoms with van der Waals surface area (Å²) >= 11 is 6.36. The molecule has 4 rings (SSSR count). The predicted octanol–water partition coefficient (Wildman–Crippen LogP) is 3.89. The maximum atomic E-state index is 13.5. The number of nitrogens with two attached hydrogens (primary N) is 1. The van der Waals surface area contributed by atoms with Gasteiger partial charge < -0.3 is 15.8 Å². The minimum atomic E-state index is -0.975. The van der Waals surface area contributed by atoms with Crippen LogP contribution in [0.4, 0.5) is 0 Å². The zero-order valence-corrected chi connectivity index (χ0v) is 21.2. The SMILES string of the molecule is CC(C)Oc1cc2ncn(C(Cc3ccc(-c4ccccc4)cc3)C(=O)NCC(N)=O)c(=O)c2cc1Cl. The van der Waals surface area contributed by atoms with Crippen LogP contribution in [-0.2, 0) is 16.0 Å². The van der Waals surface area contributed by atoms with E-state index in [0.717, 1.165) is 16.7 Å². The molecule has 3 aromatic carbocycles. The lowest BCUT2D eigenvalue weighted by atomic mass is 10.00. The number of fused-ring (bicyclic) bond motifs is 1. The molecule has 0 aliphatic heterocycles. The van der Waals surface area contributed by atoms with Crippen molar-refractivity contribution in [1.29, 1.82) is 0 Å². The fourth-order valence-corrected chi connectivity index (χ4v) is 4.21. The number of rotatable bonds is 9. The molecule has 0 aliphatic carbocycles. The van der Waals surface area contributed by atoms with Crippen LogP contribution in [0.25, 0.3) is 22.0 Å². The molecular weight excluding hydrogens is 492 g/mol. The number of carbonyl (C=O) groups excluding carboxylic acids is 2. The number of amides is 2. The molecule has 1 aromatic heterocycles. The summed E-state index contributed by atoms with van der Waals surface area (Å²) in [5.41, 5.74) is 8.08. The van der Waals surface area contributed by atoms with Crippen molar-refractivity contribution in [1.82, 2.24) is 14.9 Å². The van der Waals surface area contributed by atoms with Crippen molar-refractivity contribution in [2.24, 2.45) is 5.73 Å². The average Bonchev–Trinajstić information content (AvgIpc) is 2.88. The Labute approximate surface area is 219 Å². The first-order valence-corrected chi connectivity index (χ1v) is 12.2. The van der Waals surface area contributed by atoms with Crippen LogP contribution in [-0.4, -0.2) is 34.0 Å². The second-order valence-electron chi connectivity index (χ2n) is 8.89. The summed E-state index contributed by atoms with van der Waals surface area (Å²) in [6.45, 7) is 3.39. The van der Waals surface area contributed by atoms with Crippen LogP contribution in [0.3, 0.4) is 0 Å². The van der Waals surface area contributed by atoms with Crippen LogP contribution in [0, 0.1) is 0 Å². The summed E-state index contributed by atoms with van der Waals surface area (Å²) in [6, 6.07) is 19.8. The summed E-state index contributed by atoms with van der Waals surface area (Å²) < 4.78 is 6.95. The number of ether oxygens (including phenoxy) is 1. The average molecular weight is 519 g/mol. The lowest BCUT2D eigenvalue weighted by Crippen LogP contribution is -2.41. The van der Waals surface area contributed by atoms with Gasteiger partial charge in [0.25, 0.3) is 5.56 Å². The van der Waals surface area contributed by atoms with Gasteiger partial charge in [0, 0.05) is 12.5 Å². The van der Waals surface area contributed by atoms with Crippen molar-refractivity contribution < 1.29 is 14.3 Å². The molecule has 0 saturated heterocycles. The van der Waals surface area contributed by atoms with E-state index in [0.29, 0.717) is 11.3 Å². The Morgan fingerprint density at radius 1 is 1.05 bits per heavy atom. The van der Waals surface area contributed by atoms with E-state index in [2.05, 4.69) is 10.3 Å². The van der Waals surface area contributed by atoms with Gasteiger partial charge in [-0.1, -0.05) is 66.2 Å². The van der Waals surface area contributed by atoms with E-state index in [9.17, 15) is 14.4 Å². The van der Waals surface area contributed by atoms with Crippen LogP contribution in [0.15, 0.2) is 77.9 Å². The van der Waals surface area contributed by atoms with Crippen molar-refractivity contribution in [2.45, 2.75) is 32.4 Å². The lowest BCUT2D eigenvalue weighted by Gasteiger charge is -2.20. The first kappa shape index (κ1) is 25.9. The number of benzene rings is 3. The standard InChI is InChI=1S/C28H27ClN4O4/c1-17(2)37-25-14-23-21(13-22(25)29)28(36)33(16-32-23)24(27(35)31-15-26(30)34)12-18-8-10-20(11-9-18)19-6-4-3-5-7-19/h3-11,13-14,16-17,24H,12,15H2,1-2H3,(H2,30,34)(H,31,35). The van der Waals surface area contributed by atoms with Crippen LogP contribution in [0.2, 0.25) is 5.02 Å². The van der Waals surface area contributed by atoms with Gasteiger partial charge in [-0.25, -0.2) is 4.98 Å². The molecule has 3 N–H and O–H groups in total. The van der Waals surface area contributed by atoms with Gasteiger partial charge in [0.15, 0.2) is 0 Å². The molecule has 1 atom stereocenters. The Hall–Kier alpha value is -4.17. The van der Waals surface area contributed by atoms with E-state index in [4.69, 9.17) is 22.1 Å². The Morgan fingerprint density at radius 2 is 1.73 bits per heavy atom. The molecule has 190 valence electrons.